The molecule has 2 N–H and O–H groups in total. The lowest BCUT2D eigenvalue weighted by molar-refractivity contribution is -0.123. The van der Waals surface area contributed by atoms with Crippen molar-refractivity contribution in [2.45, 2.75) is 31.7 Å². The van der Waals surface area contributed by atoms with Crippen LogP contribution in [0.5, 0.6) is 17.2 Å². The SMILES string of the molecule is COc1ccc2cc1-c1cccc(c1)OCC(=O)NCc1ccc(cc1)O[C@@H]1CCN(Cc3nnc(-c4ccccc4)o3)C[C@H]1NC2=O. The highest BCUT2D eigenvalue weighted by atomic mass is 16.5. The van der Waals surface area contributed by atoms with Crippen LogP contribution in [0, 0.1) is 0 Å². The van der Waals surface area contributed by atoms with Crippen molar-refractivity contribution in [1.82, 2.24) is 25.7 Å². The van der Waals surface area contributed by atoms with Crippen LogP contribution < -0.4 is 24.8 Å². The van der Waals surface area contributed by atoms with Gasteiger partial charge in [0.05, 0.1) is 19.7 Å². The van der Waals surface area contributed by atoms with Gasteiger partial charge in [-0.3, -0.25) is 14.5 Å². The molecule has 11 nitrogen and oxygen atoms in total. The van der Waals surface area contributed by atoms with Crippen molar-refractivity contribution in [1.29, 1.82) is 0 Å². The Morgan fingerprint density at radius 1 is 0.875 bits per heavy atom. The molecule has 0 spiro atoms. The Bertz CT molecular complexity index is 1890. The maximum absolute atomic E-state index is 13.9. The summed E-state index contributed by atoms with van der Waals surface area (Å²) in [6.07, 6.45) is 0.360. The van der Waals surface area contributed by atoms with E-state index in [4.69, 9.17) is 18.6 Å². The Morgan fingerprint density at radius 3 is 2.54 bits per heavy atom. The van der Waals surface area contributed by atoms with Gasteiger partial charge in [-0.15, -0.1) is 10.2 Å². The molecule has 0 unspecified atom stereocenters. The summed E-state index contributed by atoms with van der Waals surface area (Å²) in [5.41, 5.74) is 3.75. The van der Waals surface area contributed by atoms with Crippen LogP contribution in [-0.2, 0) is 17.9 Å². The molecule has 4 heterocycles. The number of benzene rings is 4. The first kappa shape index (κ1) is 30.9. The van der Waals surface area contributed by atoms with Crippen LogP contribution in [0.15, 0.2) is 101 Å². The molecule has 48 heavy (non-hydrogen) atoms. The predicted octanol–water partition coefficient (Wildman–Crippen LogP) is 4.87. The molecule has 2 atom stereocenters. The number of ether oxygens (including phenoxy) is 3. The van der Waals surface area contributed by atoms with Gasteiger partial charge in [0.15, 0.2) is 6.61 Å². The van der Waals surface area contributed by atoms with Crippen molar-refractivity contribution in [2.75, 3.05) is 26.8 Å². The average Bonchev–Trinajstić information content (AvgIpc) is 3.60. The van der Waals surface area contributed by atoms with Gasteiger partial charge < -0.3 is 29.3 Å². The summed E-state index contributed by atoms with van der Waals surface area (Å²) in [6, 6.07) is 29.6. The summed E-state index contributed by atoms with van der Waals surface area (Å²) in [6.45, 7) is 1.86. The molecule has 3 aliphatic heterocycles. The second-order valence-electron chi connectivity index (χ2n) is 11.8. The van der Waals surface area contributed by atoms with E-state index in [0.29, 0.717) is 67.2 Å². The number of fused-ring (bicyclic) bond motifs is 7. The van der Waals surface area contributed by atoms with Crippen LogP contribution in [0.3, 0.4) is 0 Å². The lowest BCUT2D eigenvalue weighted by Crippen LogP contribution is -2.56. The van der Waals surface area contributed by atoms with Crippen molar-refractivity contribution < 1.29 is 28.2 Å². The minimum Gasteiger partial charge on any atom is -0.496 e. The highest BCUT2D eigenvalue weighted by molar-refractivity contribution is 5.96. The third kappa shape index (κ3) is 7.16. The molecule has 1 aromatic heterocycles. The molecule has 8 rings (SSSR count). The summed E-state index contributed by atoms with van der Waals surface area (Å²) in [4.78, 5) is 28.6. The first-order chi connectivity index (χ1) is 23.5. The fourth-order valence-corrected chi connectivity index (χ4v) is 5.97. The lowest BCUT2D eigenvalue weighted by Gasteiger charge is -2.38. The van der Waals surface area contributed by atoms with E-state index in [1.807, 2.05) is 72.8 Å². The number of aromatic nitrogens is 2. The number of hydrogen-bond acceptors (Lipinski definition) is 9. The van der Waals surface area contributed by atoms with E-state index >= 15 is 0 Å². The van der Waals surface area contributed by atoms with Crippen molar-refractivity contribution in [3.05, 3.63) is 114 Å². The molecule has 11 heteroatoms. The average molecular weight is 646 g/mol. The van der Waals surface area contributed by atoms with Gasteiger partial charge in [0, 0.05) is 36.3 Å². The predicted molar refractivity (Wildman–Crippen MR) is 178 cm³/mol. The summed E-state index contributed by atoms with van der Waals surface area (Å²) >= 11 is 0. The van der Waals surface area contributed by atoms with E-state index in [9.17, 15) is 9.59 Å². The van der Waals surface area contributed by atoms with E-state index in [2.05, 4.69) is 25.7 Å². The van der Waals surface area contributed by atoms with E-state index in [0.717, 1.165) is 22.3 Å². The van der Waals surface area contributed by atoms with Crippen LogP contribution in [0.1, 0.15) is 28.2 Å². The smallest absolute Gasteiger partial charge is 0.258 e. The molecule has 0 saturated carbocycles. The Hall–Kier alpha value is -5.68. The van der Waals surface area contributed by atoms with Crippen molar-refractivity contribution >= 4 is 11.8 Å². The Labute approximate surface area is 277 Å². The minimum atomic E-state index is -0.352. The molecule has 0 aliphatic carbocycles. The van der Waals surface area contributed by atoms with Gasteiger partial charge in [0.1, 0.15) is 23.4 Å². The second-order valence-corrected chi connectivity index (χ2v) is 11.8. The molecule has 2 amide bonds. The number of nitrogens with one attached hydrogen (secondary N) is 2. The van der Waals surface area contributed by atoms with Gasteiger partial charge >= 0.3 is 0 Å². The number of piperidine rings is 1. The molecule has 3 aliphatic rings. The fraction of sp³-hybridized carbons (Fsp3) is 0.243. The fourth-order valence-electron chi connectivity index (χ4n) is 5.97. The van der Waals surface area contributed by atoms with E-state index < -0.39 is 0 Å². The minimum absolute atomic E-state index is 0.134. The molecule has 1 fully saturated rings. The number of hydrogen-bond donors (Lipinski definition) is 2. The number of nitrogens with zero attached hydrogens (tertiary/aromatic N) is 3. The van der Waals surface area contributed by atoms with Gasteiger partial charge in [0.25, 0.3) is 11.8 Å². The van der Waals surface area contributed by atoms with Crippen LogP contribution in [-0.4, -0.2) is 65.9 Å². The van der Waals surface area contributed by atoms with Crippen molar-refractivity contribution in [3.63, 3.8) is 0 Å². The standard InChI is InChI=1S/C37H35N5O6/c1-45-32-15-12-27-19-30(32)26-8-5-9-29(18-26)46-23-34(43)38-20-24-10-13-28(14-11-24)47-33-16-17-42(21-31(33)39-36(27)44)22-35-40-41-37(48-35)25-6-3-2-4-7-25/h2-15,18-19,31,33H,16-17,20-23H2,1H3,(H,38,43)(H,39,44)/t31-,33-/m1/s1. The Morgan fingerprint density at radius 2 is 1.71 bits per heavy atom. The quantitative estimate of drug-likeness (QED) is 0.281. The highest BCUT2D eigenvalue weighted by Gasteiger charge is 2.33. The van der Waals surface area contributed by atoms with Gasteiger partial charge in [-0.2, -0.15) is 0 Å². The van der Waals surface area contributed by atoms with Crippen LogP contribution in [0.2, 0.25) is 0 Å². The molecular weight excluding hydrogens is 610 g/mol. The zero-order valence-electron chi connectivity index (χ0n) is 26.4. The number of carbonyl (C=O) groups excluding carboxylic acids is 2. The van der Waals surface area contributed by atoms with Gasteiger partial charge in [-0.25, -0.2) is 0 Å². The first-order valence-electron chi connectivity index (χ1n) is 15.9. The Kier molecular flexibility index (Phi) is 9.01. The normalized spacial score (nSPS) is 18.4. The molecule has 5 aromatic rings. The third-order valence-corrected chi connectivity index (χ3v) is 8.47. The van der Waals surface area contributed by atoms with Gasteiger partial charge in [-0.05, 0) is 72.1 Å². The summed E-state index contributed by atoms with van der Waals surface area (Å²) in [5, 5.41) is 14.7. The van der Waals surface area contributed by atoms with Crippen LogP contribution in [0.4, 0.5) is 0 Å². The first-order valence-corrected chi connectivity index (χ1v) is 15.9. The van der Waals surface area contributed by atoms with E-state index in [-0.39, 0.29) is 30.6 Å². The zero-order valence-corrected chi connectivity index (χ0v) is 26.4. The van der Waals surface area contributed by atoms with Gasteiger partial charge in [-0.1, -0.05) is 42.5 Å². The Balaban J connectivity index is 1.17. The number of amides is 2. The number of likely N-dealkylation sites (tertiary alicyclic amines) is 1. The maximum atomic E-state index is 13.9. The monoisotopic (exact) mass is 645 g/mol. The summed E-state index contributed by atoms with van der Waals surface area (Å²) in [5.74, 6) is 2.30. The summed E-state index contributed by atoms with van der Waals surface area (Å²) < 4.78 is 23.9. The molecule has 1 saturated heterocycles. The lowest BCUT2D eigenvalue weighted by atomic mass is 9.99. The molecule has 0 radical (unpaired) electrons. The number of carbonyl (C=O) groups is 2. The molecular formula is C37H35N5O6. The van der Waals surface area contributed by atoms with Gasteiger partial charge in [0.2, 0.25) is 11.8 Å². The third-order valence-electron chi connectivity index (χ3n) is 8.47. The van der Waals surface area contributed by atoms with Crippen LogP contribution in [0.25, 0.3) is 22.6 Å². The van der Waals surface area contributed by atoms with Crippen molar-refractivity contribution in [2.24, 2.45) is 0 Å². The zero-order chi connectivity index (χ0) is 32.9. The largest absolute Gasteiger partial charge is 0.496 e. The number of rotatable bonds is 4. The molecule has 4 aromatic carbocycles. The maximum Gasteiger partial charge on any atom is 0.258 e. The molecule has 6 bridgehead atoms. The topological polar surface area (TPSA) is 128 Å². The molecule has 244 valence electrons. The second kappa shape index (κ2) is 14.0. The van der Waals surface area contributed by atoms with Crippen LogP contribution >= 0.6 is 0 Å². The van der Waals surface area contributed by atoms with E-state index in [1.54, 1.807) is 31.4 Å². The van der Waals surface area contributed by atoms with E-state index in [1.165, 1.54) is 0 Å². The number of methoxy groups -OCH3 is 1. The summed E-state index contributed by atoms with van der Waals surface area (Å²) in [7, 11) is 1.59. The van der Waals surface area contributed by atoms with Crippen molar-refractivity contribution in [3.8, 4) is 39.8 Å². The highest BCUT2D eigenvalue weighted by Crippen LogP contribution is 2.33.